The number of nitrogens with one attached hydrogen (secondary N) is 2. The summed E-state index contributed by atoms with van der Waals surface area (Å²) in [7, 11) is 1.80. The predicted molar refractivity (Wildman–Crippen MR) is 99.7 cm³/mol. The van der Waals surface area contributed by atoms with Crippen molar-refractivity contribution in [1.82, 2.24) is 15.8 Å². The van der Waals surface area contributed by atoms with Gasteiger partial charge in [0.1, 0.15) is 0 Å². The molecular formula is C14H25IN4OS. The first-order chi connectivity index (χ1) is 9.69. The summed E-state index contributed by atoms with van der Waals surface area (Å²) in [6.45, 7) is 4.83. The van der Waals surface area contributed by atoms with Crippen molar-refractivity contribution in [2.45, 2.75) is 45.2 Å². The fraction of sp³-hybridized carbons (Fsp3) is 0.714. The number of nitrogens with zero attached hydrogens (tertiary/aromatic N) is 2. The van der Waals surface area contributed by atoms with Gasteiger partial charge in [0.2, 0.25) is 0 Å². The Kier molecular flexibility index (Phi) is 8.46. The first-order valence-electron chi connectivity index (χ1n) is 7.19. The average Bonchev–Trinajstić information content (AvgIpc) is 2.93. The van der Waals surface area contributed by atoms with Gasteiger partial charge >= 0.3 is 0 Å². The summed E-state index contributed by atoms with van der Waals surface area (Å²) < 4.78 is 5.31. The minimum Gasteiger partial charge on any atom is -0.359 e. The van der Waals surface area contributed by atoms with Crippen LogP contribution < -0.4 is 10.6 Å². The lowest BCUT2D eigenvalue weighted by molar-refractivity contribution is 0.371. The topological polar surface area (TPSA) is 62.5 Å². The van der Waals surface area contributed by atoms with Crippen LogP contribution in [0.2, 0.25) is 0 Å². The van der Waals surface area contributed by atoms with E-state index in [-0.39, 0.29) is 24.0 Å². The molecule has 0 amide bonds. The average molecular weight is 424 g/mol. The third-order valence-electron chi connectivity index (χ3n) is 3.32. The Morgan fingerprint density at radius 3 is 2.95 bits per heavy atom. The van der Waals surface area contributed by atoms with Gasteiger partial charge in [0.05, 0.1) is 12.2 Å². The first kappa shape index (κ1) is 18.6. The number of hydrogen-bond donors (Lipinski definition) is 2. The third kappa shape index (κ3) is 6.06. The zero-order valence-electron chi connectivity index (χ0n) is 12.9. The molecular weight excluding hydrogens is 399 g/mol. The molecule has 1 aromatic rings. The highest BCUT2D eigenvalue weighted by molar-refractivity contribution is 14.0. The lowest BCUT2D eigenvalue weighted by atomic mass is 10.1. The Morgan fingerprint density at radius 1 is 1.57 bits per heavy atom. The number of guanidine groups is 1. The zero-order valence-corrected chi connectivity index (χ0v) is 16.0. The highest BCUT2D eigenvalue weighted by Gasteiger charge is 2.15. The predicted octanol–water partition coefficient (Wildman–Crippen LogP) is 2.98. The summed E-state index contributed by atoms with van der Waals surface area (Å²) >= 11 is 2.00. The van der Waals surface area contributed by atoms with E-state index in [1.807, 2.05) is 17.8 Å². The van der Waals surface area contributed by atoms with Crippen LogP contribution in [0.3, 0.4) is 0 Å². The molecule has 1 atom stereocenters. The maximum atomic E-state index is 5.31. The normalized spacial score (nSPS) is 19.2. The zero-order chi connectivity index (χ0) is 14.4. The Balaban J connectivity index is 0.00000220. The number of thioether (sulfide) groups is 1. The lowest BCUT2D eigenvalue weighted by Gasteiger charge is -2.24. The van der Waals surface area contributed by atoms with Gasteiger partial charge < -0.3 is 15.2 Å². The number of halogens is 1. The minimum atomic E-state index is 0. The smallest absolute Gasteiger partial charge is 0.191 e. The SMILES string of the molecule is CN=C(NCc1cc(C(C)C)no1)NC1CCCSC1.I. The van der Waals surface area contributed by atoms with E-state index in [0.29, 0.717) is 18.5 Å². The molecule has 0 bridgehead atoms. The molecule has 1 aromatic heterocycles. The van der Waals surface area contributed by atoms with E-state index in [1.54, 1.807) is 7.05 Å². The Labute approximate surface area is 148 Å². The van der Waals surface area contributed by atoms with Gasteiger partial charge in [0, 0.05) is 24.9 Å². The summed E-state index contributed by atoms with van der Waals surface area (Å²) in [6, 6.07) is 2.52. The van der Waals surface area contributed by atoms with Crippen molar-refractivity contribution in [3.63, 3.8) is 0 Å². The highest BCUT2D eigenvalue weighted by atomic mass is 127. The Bertz CT molecular complexity index is 444. The van der Waals surface area contributed by atoms with Crippen molar-refractivity contribution in [3.8, 4) is 0 Å². The number of aliphatic imine (C=N–C) groups is 1. The summed E-state index contributed by atoms with van der Waals surface area (Å²) in [5.74, 6) is 4.50. The van der Waals surface area contributed by atoms with Gasteiger partial charge in [-0.25, -0.2) is 0 Å². The van der Waals surface area contributed by atoms with Crippen molar-refractivity contribution in [3.05, 3.63) is 17.5 Å². The Morgan fingerprint density at radius 2 is 2.38 bits per heavy atom. The standard InChI is InChI=1S/C14H24N4OS.HI/c1-10(2)13-7-12(19-18-13)8-16-14(15-3)17-11-5-4-6-20-9-11;/h7,10-11H,4-6,8-9H2,1-3H3,(H2,15,16,17);1H. The molecule has 1 aliphatic rings. The summed E-state index contributed by atoms with van der Waals surface area (Å²) in [5, 5.41) is 10.8. The summed E-state index contributed by atoms with van der Waals surface area (Å²) in [5.41, 5.74) is 0.994. The summed E-state index contributed by atoms with van der Waals surface area (Å²) in [6.07, 6.45) is 2.49. The van der Waals surface area contributed by atoms with Crippen molar-refractivity contribution in [1.29, 1.82) is 0 Å². The van der Waals surface area contributed by atoms with Gasteiger partial charge in [-0.05, 0) is 24.5 Å². The molecule has 7 heteroatoms. The largest absolute Gasteiger partial charge is 0.359 e. The van der Waals surface area contributed by atoms with Crippen LogP contribution in [-0.2, 0) is 6.54 Å². The molecule has 0 aliphatic carbocycles. The molecule has 1 aliphatic heterocycles. The lowest BCUT2D eigenvalue weighted by Crippen LogP contribution is -2.45. The van der Waals surface area contributed by atoms with E-state index < -0.39 is 0 Å². The van der Waals surface area contributed by atoms with E-state index in [2.05, 4.69) is 34.6 Å². The molecule has 0 aromatic carbocycles. The van der Waals surface area contributed by atoms with E-state index in [4.69, 9.17) is 4.52 Å². The molecule has 2 rings (SSSR count). The van der Waals surface area contributed by atoms with E-state index in [1.165, 1.54) is 18.6 Å². The van der Waals surface area contributed by atoms with Crippen LogP contribution in [0.25, 0.3) is 0 Å². The van der Waals surface area contributed by atoms with Crippen molar-refractivity contribution in [2.24, 2.45) is 4.99 Å². The van der Waals surface area contributed by atoms with Crippen molar-refractivity contribution < 1.29 is 4.52 Å². The minimum absolute atomic E-state index is 0. The molecule has 5 nitrogen and oxygen atoms in total. The number of rotatable bonds is 4. The fourth-order valence-corrected chi connectivity index (χ4v) is 3.17. The third-order valence-corrected chi connectivity index (χ3v) is 4.54. The fourth-order valence-electron chi connectivity index (χ4n) is 2.10. The van der Waals surface area contributed by atoms with Gasteiger partial charge in [-0.1, -0.05) is 19.0 Å². The van der Waals surface area contributed by atoms with Crippen LogP contribution >= 0.6 is 35.7 Å². The molecule has 0 radical (unpaired) electrons. The van der Waals surface area contributed by atoms with Gasteiger partial charge in [0.25, 0.3) is 0 Å². The van der Waals surface area contributed by atoms with E-state index >= 15 is 0 Å². The number of hydrogen-bond acceptors (Lipinski definition) is 4. The van der Waals surface area contributed by atoms with Crippen LogP contribution in [0.5, 0.6) is 0 Å². The maximum Gasteiger partial charge on any atom is 0.191 e. The molecule has 120 valence electrons. The molecule has 0 spiro atoms. The second kappa shape index (κ2) is 9.55. The molecule has 2 N–H and O–H groups in total. The van der Waals surface area contributed by atoms with Crippen LogP contribution in [0.4, 0.5) is 0 Å². The van der Waals surface area contributed by atoms with Crippen LogP contribution in [-0.4, -0.2) is 35.7 Å². The monoisotopic (exact) mass is 424 g/mol. The van der Waals surface area contributed by atoms with Crippen LogP contribution in [0.15, 0.2) is 15.6 Å². The molecule has 1 unspecified atom stereocenters. The molecule has 2 heterocycles. The van der Waals surface area contributed by atoms with Crippen molar-refractivity contribution in [2.75, 3.05) is 18.6 Å². The first-order valence-corrected chi connectivity index (χ1v) is 8.35. The summed E-state index contributed by atoms with van der Waals surface area (Å²) in [4.78, 5) is 4.26. The van der Waals surface area contributed by atoms with Gasteiger partial charge in [0.15, 0.2) is 11.7 Å². The maximum absolute atomic E-state index is 5.31. The van der Waals surface area contributed by atoms with E-state index in [9.17, 15) is 0 Å². The molecule has 0 saturated carbocycles. The second-order valence-electron chi connectivity index (χ2n) is 5.36. The molecule has 1 saturated heterocycles. The van der Waals surface area contributed by atoms with Crippen LogP contribution in [0.1, 0.15) is 44.1 Å². The molecule has 21 heavy (non-hydrogen) atoms. The number of aromatic nitrogens is 1. The quantitative estimate of drug-likeness (QED) is 0.442. The van der Waals surface area contributed by atoms with E-state index in [0.717, 1.165) is 23.2 Å². The van der Waals surface area contributed by atoms with Gasteiger partial charge in [-0.15, -0.1) is 24.0 Å². The van der Waals surface area contributed by atoms with Crippen LogP contribution in [0, 0.1) is 0 Å². The molecule has 1 fully saturated rings. The second-order valence-corrected chi connectivity index (χ2v) is 6.51. The van der Waals surface area contributed by atoms with Gasteiger partial charge in [-0.3, -0.25) is 4.99 Å². The van der Waals surface area contributed by atoms with Crippen molar-refractivity contribution >= 4 is 41.7 Å². The Hall–Kier alpha value is -0.440. The highest BCUT2D eigenvalue weighted by Crippen LogP contribution is 2.17. The van der Waals surface area contributed by atoms with Gasteiger partial charge in [-0.2, -0.15) is 11.8 Å².